The van der Waals surface area contributed by atoms with Crippen LogP contribution in [-0.4, -0.2) is 9.91 Å². The highest BCUT2D eigenvalue weighted by Crippen LogP contribution is 2.13. The van der Waals surface area contributed by atoms with E-state index in [4.69, 9.17) is 0 Å². The molecule has 0 aliphatic heterocycles. The van der Waals surface area contributed by atoms with Crippen LogP contribution in [0.1, 0.15) is 16.8 Å². The van der Waals surface area contributed by atoms with E-state index in [2.05, 4.69) is 4.98 Å². The largest absolute Gasteiger partial charge is 0.365 e. The molecule has 1 N–H and O–H groups in total. The summed E-state index contributed by atoms with van der Waals surface area (Å²) in [4.78, 5) is 24.7. The average molecular weight is 258 g/mol. The van der Waals surface area contributed by atoms with Gasteiger partial charge in [-0.1, -0.05) is 12.1 Å². The van der Waals surface area contributed by atoms with Crippen LogP contribution in [0.15, 0.2) is 41.3 Å². The van der Waals surface area contributed by atoms with E-state index in [1.165, 1.54) is 18.2 Å². The van der Waals surface area contributed by atoms with Crippen molar-refractivity contribution in [2.75, 3.05) is 0 Å². The van der Waals surface area contributed by atoms with Gasteiger partial charge in [0.25, 0.3) is 5.69 Å². The molecule has 0 aliphatic carbocycles. The van der Waals surface area contributed by atoms with E-state index in [1.807, 2.05) is 0 Å². The van der Waals surface area contributed by atoms with Gasteiger partial charge < -0.3 is 4.98 Å². The summed E-state index contributed by atoms with van der Waals surface area (Å²) in [6.45, 7) is 1.80. The third kappa shape index (κ3) is 3.07. The Hall–Kier alpha value is -2.43. The van der Waals surface area contributed by atoms with Crippen LogP contribution in [-0.2, 0) is 12.8 Å². The third-order valence-corrected chi connectivity index (χ3v) is 3.13. The van der Waals surface area contributed by atoms with E-state index in [1.54, 1.807) is 25.3 Å². The number of nitro benzene ring substituents is 1. The van der Waals surface area contributed by atoms with Gasteiger partial charge in [0.15, 0.2) is 5.43 Å². The standard InChI is InChI=1S/C14H14N2O3/c1-10-13(15-9-8-14(10)17)7-4-11-2-5-12(6-3-11)16(18)19/h2-3,5-6,8-9H,4,7H2,1H3,(H,15,17). The Bertz CT molecular complexity index is 644. The maximum absolute atomic E-state index is 11.5. The lowest BCUT2D eigenvalue weighted by Crippen LogP contribution is -2.09. The van der Waals surface area contributed by atoms with E-state index >= 15 is 0 Å². The van der Waals surface area contributed by atoms with E-state index in [0.717, 1.165) is 23.2 Å². The fraction of sp³-hybridized carbons (Fsp3) is 0.214. The summed E-state index contributed by atoms with van der Waals surface area (Å²) in [5.41, 5.74) is 2.76. The number of hydrogen-bond donors (Lipinski definition) is 1. The van der Waals surface area contributed by atoms with Crippen molar-refractivity contribution < 1.29 is 4.92 Å². The van der Waals surface area contributed by atoms with Gasteiger partial charge in [0.1, 0.15) is 0 Å². The molecule has 19 heavy (non-hydrogen) atoms. The van der Waals surface area contributed by atoms with Crippen molar-refractivity contribution in [3.05, 3.63) is 73.7 Å². The van der Waals surface area contributed by atoms with Crippen molar-refractivity contribution in [1.29, 1.82) is 0 Å². The van der Waals surface area contributed by atoms with Gasteiger partial charge in [-0.15, -0.1) is 0 Å². The van der Waals surface area contributed by atoms with Crippen LogP contribution < -0.4 is 5.43 Å². The second-order valence-electron chi connectivity index (χ2n) is 4.37. The molecule has 0 spiro atoms. The molecular weight excluding hydrogens is 244 g/mol. The topological polar surface area (TPSA) is 76.0 Å². The zero-order valence-electron chi connectivity index (χ0n) is 10.6. The molecule has 2 rings (SSSR count). The maximum atomic E-state index is 11.5. The minimum absolute atomic E-state index is 0.0254. The molecule has 98 valence electrons. The lowest BCUT2D eigenvalue weighted by Gasteiger charge is -2.05. The Morgan fingerprint density at radius 2 is 1.84 bits per heavy atom. The van der Waals surface area contributed by atoms with Gasteiger partial charge in [-0.25, -0.2) is 0 Å². The van der Waals surface area contributed by atoms with E-state index in [-0.39, 0.29) is 11.1 Å². The van der Waals surface area contributed by atoms with Gasteiger partial charge in [-0.3, -0.25) is 14.9 Å². The highest BCUT2D eigenvalue weighted by molar-refractivity contribution is 5.33. The number of pyridine rings is 1. The van der Waals surface area contributed by atoms with Crippen LogP contribution in [0, 0.1) is 17.0 Å². The highest BCUT2D eigenvalue weighted by atomic mass is 16.6. The van der Waals surface area contributed by atoms with Crippen molar-refractivity contribution in [2.45, 2.75) is 19.8 Å². The Morgan fingerprint density at radius 1 is 1.16 bits per heavy atom. The second-order valence-corrected chi connectivity index (χ2v) is 4.37. The van der Waals surface area contributed by atoms with Gasteiger partial charge >= 0.3 is 0 Å². The molecule has 2 aromatic rings. The molecular formula is C14H14N2O3. The number of hydrogen-bond acceptors (Lipinski definition) is 3. The number of benzene rings is 1. The minimum atomic E-state index is -0.414. The Morgan fingerprint density at radius 3 is 2.47 bits per heavy atom. The fourth-order valence-corrected chi connectivity index (χ4v) is 1.91. The lowest BCUT2D eigenvalue weighted by atomic mass is 10.0. The van der Waals surface area contributed by atoms with Crippen molar-refractivity contribution in [2.24, 2.45) is 0 Å². The Labute approximate surface area is 110 Å². The molecule has 1 heterocycles. The van der Waals surface area contributed by atoms with Crippen LogP contribution in [0.3, 0.4) is 0 Å². The number of nitrogens with one attached hydrogen (secondary N) is 1. The molecule has 0 radical (unpaired) electrons. The molecule has 5 heteroatoms. The van der Waals surface area contributed by atoms with Crippen molar-refractivity contribution >= 4 is 5.69 Å². The smallest absolute Gasteiger partial charge is 0.269 e. The summed E-state index contributed by atoms with van der Waals surface area (Å²) in [6, 6.07) is 7.99. The van der Waals surface area contributed by atoms with E-state index < -0.39 is 4.92 Å². The monoisotopic (exact) mass is 258 g/mol. The third-order valence-electron chi connectivity index (χ3n) is 3.13. The van der Waals surface area contributed by atoms with Crippen molar-refractivity contribution in [1.82, 2.24) is 4.98 Å². The first kappa shape index (κ1) is 13.0. The van der Waals surface area contributed by atoms with Gasteiger partial charge in [-0.05, 0) is 25.3 Å². The number of aromatic amines is 1. The van der Waals surface area contributed by atoms with Gasteiger partial charge in [0, 0.05) is 35.7 Å². The summed E-state index contributed by atoms with van der Waals surface area (Å²) in [5.74, 6) is 0. The number of H-pyrrole nitrogens is 1. The molecule has 5 nitrogen and oxygen atoms in total. The van der Waals surface area contributed by atoms with E-state index in [0.29, 0.717) is 6.42 Å². The highest BCUT2D eigenvalue weighted by Gasteiger charge is 2.05. The molecule has 0 atom stereocenters. The van der Waals surface area contributed by atoms with Crippen LogP contribution in [0.4, 0.5) is 5.69 Å². The average Bonchev–Trinajstić information content (AvgIpc) is 2.41. The molecule has 1 aromatic carbocycles. The molecule has 0 amide bonds. The Kier molecular flexibility index (Phi) is 3.75. The molecule has 1 aromatic heterocycles. The van der Waals surface area contributed by atoms with Gasteiger partial charge in [-0.2, -0.15) is 0 Å². The first-order chi connectivity index (χ1) is 9.08. The molecule has 0 aliphatic rings. The van der Waals surface area contributed by atoms with Gasteiger partial charge in [0.05, 0.1) is 4.92 Å². The zero-order valence-corrected chi connectivity index (χ0v) is 10.6. The number of rotatable bonds is 4. The number of aromatic nitrogens is 1. The van der Waals surface area contributed by atoms with Crippen LogP contribution in [0.5, 0.6) is 0 Å². The van der Waals surface area contributed by atoms with Crippen molar-refractivity contribution in [3.63, 3.8) is 0 Å². The summed E-state index contributed by atoms with van der Waals surface area (Å²) in [7, 11) is 0. The SMILES string of the molecule is Cc1c(CCc2ccc([N+](=O)[O-])cc2)[nH]ccc1=O. The summed E-state index contributed by atoms with van der Waals surface area (Å²) in [5, 5.41) is 10.5. The number of non-ortho nitro benzene ring substituents is 1. The molecule has 0 fully saturated rings. The fourth-order valence-electron chi connectivity index (χ4n) is 1.91. The van der Waals surface area contributed by atoms with Crippen LogP contribution in [0.25, 0.3) is 0 Å². The number of aryl methyl sites for hydroxylation is 2. The molecule has 0 unspecified atom stereocenters. The maximum Gasteiger partial charge on any atom is 0.269 e. The summed E-state index contributed by atoms with van der Waals surface area (Å²) in [6.07, 6.45) is 3.08. The van der Waals surface area contributed by atoms with Crippen molar-refractivity contribution in [3.8, 4) is 0 Å². The van der Waals surface area contributed by atoms with Crippen LogP contribution >= 0.6 is 0 Å². The second kappa shape index (κ2) is 5.48. The van der Waals surface area contributed by atoms with Gasteiger partial charge in [0.2, 0.25) is 0 Å². The normalized spacial score (nSPS) is 10.4. The lowest BCUT2D eigenvalue weighted by molar-refractivity contribution is -0.384. The first-order valence-corrected chi connectivity index (χ1v) is 5.98. The summed E-state index contributed by atoms with van der Waals surface area (Å²) >= 11 is 0. The number of nitrogens with zero attached hydrogens (tertiary/aromatic N) is 1. The minimum Gasteiger partial charge on any atom is -0.365 e. The molecule has 0 saturated heterocycles. The molecule has 0 saturated carbocycles. The predicted molar refractivity (Wildman–Crippen MR) is 72.3 cm³/mol. The molecule has 0 bridgehead atoms. The van der Waals surface area contributed by atoms with Crippen LogP contribution in [0.2, 0.25) is 0 Å². The first-order valence-electron chi connectivity index (χ1n) is 5.98. The quantitative estimate of drug-likeness (QED) is 0.675. The van der Waals surface area contributed by atoms with E-state index in [9.17, 15) is 14.9 Å². The summed E-state index contributed by atoms with van der Waals surface area (Å²) < 4.78 is 0. The Balaban J connectivity index is 2.08. The zero-order chi connectivity index (χ0) is 13.8. The number of nitro groups is 1. The predicted octanol–water partition coefficient (Wildman–Crippen LogP) is 2.38.